The van der Waals surface area contributed by atoms with Crippen LogP contribution in [-0.2, 0) is 20.0 Å². The normalized spacial score (nSPS) is 13.8. The van der Waals surface area contributed by atoms with Crippen molar-refractivity contribution in [2.24, 2.45) is 13.0 Å². The monoisotopic (exact) mass is 331 g/mol. The molecule has 1 N–H and O–H groups in total. The van der Waals surface area contributed by atoms with Crippen molar-refractivity contribution >= 4 is 5.91 Å². The molecule has 3 rings (SSSR count). The summed E-state index contributed by atoms with van der Waals surface area (Å²) in [5, 5.41) is 6.99. The van der Waals surface area contributed by atoms with Crippen molar-refractivity contribution in [2.75, 3.05) is 6.61 Å². The van der Waals surface area contributed by atoms with Crippen LogP contribution < -0.4 is 10.1 Å². The maximum Gasteiger partial charge on any atom is 0.269 e. The molecule has 0 atom stereocenters. The Bertz CT molecular complexity index is 738. The first-order chi connectivity index (χ1) is 11.6. The molecule has 24 heavy (non-hydrogen) atoms. The highest BCUT2D eigenvalue weighted by Crippen LogP contribution is 2.30. The van der Waals surface area contributed by atoms with E-state index in [0.717, 1.165) is 25.0 Å². The first-order valence-electron chi connectivity index (χ1n) is 8.29. The minimum Gasteiger partial charge on any atom is -0.490 e. The van der Waals surface area contributed by atoms with Gasteiger partial charge >= 0.3 is 0 Å². The lowest BCUT2D eigenvalue weighted by molar-refractivity contribution is 0.0941. The van der Waals surface area contributed by atoms with Crippen molar-refractivity contribution in [1.82, 2.24) is 15.1 Å². The van der Waals surface area contributed by atoms with E-state index in [0.29, 0.717) is 23.8 Å². The number of hydrogen-bond acceptors (Lipinski definition) is 3. The standard InChI is InChI=1S/C18H22FN3O2/c1-3-14-9-15(22(2)21-14)18(23)20-10-13-5-4-6-16(17(13)19)24-11-12-7-8-12/h4-6,9,12H,3,7-8,10-11H2,1-2H3,(H,20,23). The summed E-state index contributed by atoms with van der Waals surface area (Å²) in [5.74, 6) is 0.138. The quantitative estimate of drug-likeness (QED) is 0.849. The maximum absolute atomic E-state index is 14.4. The van der Waals surface area contributed by atoms with Gasteiger partial charge in [0.15, 0.2) is 11.6 Å². The molecule has 2 aromatic rings. The van der Waals surface area contributed by atoms with Gasteiger partial charge in [-0.25, -0.2) is 4.39 Å². The summed E-state index contributed by atoms with van der Waals surface area (Å²) in [4.78, 5) is 12.3. The second-order valence-corrected chi connectivity index (χ2v) is 6.16. The smallest absolute Gasteiger partial charge is 0.269 e. The van der Waals surface area contributed by atoms with Gasteiger partial charge in [0.05, 0.1) is 12.3 Å². The Labute approximate surface area is 140 Å². The van der Waals surface area contributed by atoms with Gasteiger partial charge < -0.3 is 10.1 Å². The van der Waals surface area contributed by atoms with Gasteiger partial charge in [-0.1, -0.05) is 19.1 Å². The van der Waals surface area contributed by atoms with Crippen LogP contribution in [0.1, 0.15) is 41.5 Å². The molecule has 1 heterocycles. The molecule has 6 heteroatoms. The third kappa shape index (κ3) is 3.75. The second kappa shape index (κ2) is 7.03. The van der Waals surface area contributed by atoms with Crippen LogP contribution in [0.3, 0.4) is 0 Å². The molecule has 1 fully saturated rings. The molecule has 1 aliphatic rings. The van der Waals surface area contributed by atoms with Gasteiger partial charge in [-0.3, -0.25) is 9.48 Å². The van der Waals surface area contributed by atoms with E-state index in [2.05, 4.69) is 10.4 Å². The molecule has 1 saturated carbocycles. The van der Waals surface area contributed by atoms with E-state index in [1.54, 1.807) is 36.0 Å². The molecule has 1 aliphatic carbocycles. The van der Waals surface area contributed by atoms with E-state index < -0.39 is 5.82 Å². The highest BCUT2D eigenvalue weighted by Gasteiger charge is 2.23. The Balaban J connectivity index is 1.63. The zero-order chi connectivity index (χ0) is 17.1. The molecule has 1 amide bonds. The van der Waals surface area contributed by atoms with Gasteiger partial charge in [0, 0.05) is 19.2 Å². The Morgan fingerprint density at radius 1 is 1.46 bits per heavy atom. The average molecular weight is 331 g/mol. The average Bonchev–Trinajstić information content (AvgIpc) is 3.33. The number of nitrogens with zero attached hydrogens (tertiary/aromatic N) is 2. The van der Waals surface area contributed by atoms with E-state index in [4.69, 9.17) is 4.74 Å². The van der Waals surface area contributed by atoms with Gasteiger partial charge in [0.2, 0.25) is 0 Å². The minimum atomic E-state index is -0.405. The number of amides is 1. The predicted octanol–water partition coefficient (Wildman–Crippen LogP) is 2.84. The lowest BCUT2D eigenvalue weighted by Gasteiger charge is -2.11. The second-order valence-electron chi connectivity index (χ2n) is 6.16. The zero-order valence-corrected chi connectivity index (χ0v) is 14.0. The lowest BCUT2D eigenvalue weighted by atomic mass is 10.2. The Morgan fingerprint density at radius 2 is 2.25 bits per heavy atom. The number of halogens is 1. The summed E-state index contributed by atoms with van der Waals surface area (Å²) in [6.45, 7) is 2.64. The maximum atomic E-state index is 14.4. The first-order valence-corrected chi connectivity index (χ1v) is 8.29. The molecule has 0 radical (unpaired) electrons. The molecule has 0 spiro atoms. The number of carbonyl (C=O) groups excluding carboxylic acids is 1. The summed E-state index contributed by atoms with van der Waals surface area (Å²) >= 11 is 0. The van der Waals surface area contributed by atoms with Crippen molar-refractivity contribution in [1.29, 1.82) is 0 Å². The van der Waals surface area contributed by atoms with Gasteiger partial charge in [-0.15, -0.1) is 0 Å². The SMILES string of the molecule is CCc1cc(C(=O)NCc2cccc(OCC3CC3)c2F)n(C)n1. The molecule has 1 aromatic heterocycles. The third-order valence-corrected chi connectivity index (χ3v) is 4.18. The van der Waals surface area contributed by atoms with Gasteiger partial charge in [-0.05, 0) is 37.3 Å². The van der Waals surface area contributed by atoms with Crippen molar-refractivity contribution in [3.63, 3.8) is 0 Å². The van der Waals surface area contributed by atoms with Crippen LogP contribution in [0, 0.1) is 11.7 Å². The van der Waals surface area contributed by atoms with Crippen LogP contribution in [0.5, 0.6) is 5.75 Å². The van der Waals surface area contributed by atoms with E-state index in [1.807, 2.05) is 6.92 Å². The number of aryl methyl sites for hydroxylation is 2. The van der Waals surface area contributed by atoms with E-state index in [1.165, 1.54) is 0 Å². The summed E-state index contributed by atoms with van der Waals surface area (Å²) in [7, 11) is 1.72. The zero-order valence-electron chi connectivity index (χ0n) is 14.0. The summed E-state index contributed by atoms with van der Waals surface area (Å²) in [5.41, 5.74) is 1.73. The number of nitrogens with one attached hydrogen (secondary N) is 1. The summed E-state index contributed by atoms with van der Waals surface area (Å²) in [6.07, 6.45) is 3.07. The van der Waals surface area contributed by atoms with E-state index in [-0.39, 0.29) is 18.2 Å². The molecule has 0 unspecified atom stereocenters. The highest BCUT2D eigenvalue weighted by atomic mass is 19.1. The lowest BCUT2D eigenvalue weighted by Crippen LogP contribution is -2.25. The number of hydrogen-bond donors (Lipinski definition) is 1. The van der Waals surface area contributed by atoms with Crippen molar-refractivity contribution in [3.8, 4) is 5.75 Å². The fraction of sp³-hybridized carbons (Fsp3) is 0.444. The fourth-order valence-electron chi connectivity index (χ4n) is 2.47. The number of aromatic nitrogens is 2. The van der Waals surface area contributed by atoms with Crippen molar-refractivity contribution in [2.45, 2.75) is 32.7 Å². The fourth-order valence-corrected chi connectivity index (χ4v) is 2.47. The van der Waals surface area contributed by atoms with Crippen LogP contribution in [-0.4, -0.2) is 22.3 Å². The molecular formula is C18H22FN3O2. The van der Waals surface area contributed by atoms with Crippen LogP contribution in [0.15, 0.2) is 24.3 Å². The number of ether oxygens (including phenoxy) is 1. The van der Waals surface area contributed by atoms with Gasteiger partial charge in [0.25, 0.3) is 5.91 Å². The number of carbonyl (C=O) groups is 1. The van der Waals surface area contributed by atoms with Crippen molar-refractivity contribution < 1.29 is 13.9 Å². The Morgan fingerprint density at radius 3 is 2.92 bits per heavy atom. The third-order valence-electron chi connectivity index (χ3n) is 4.18. The molecule has 1 aromatic carbocycles. The molecule has 0 saturated heterocycles. The largest absolute Gasteiger partial charge is 0.490 e. The molecule has 0 bridgehead atoms. The predicted molar refractivity (Wildman–Crippen MR) is 88.4 cm³/mol. The number of rotatable bonds is 7. The highest BCUT2D eigenvalue weighted by molar-refractivity contribution is 5.92. The van der Waals surface area contributed by atoms with E-state index >= 15 is 0 Å². The van der Waals surface area contributed by atoms with Crippen LogP contribution in [0.2, 0.25) is 0 Å². The summed E-state index contributed by atoms with van der Waals surface area (Å²) < 4.78 is 21.5. The topological polar surface area (TPSA) is 56.1 Å². The molecule has 5 nitrogen and oxygen atoms in total. The number of benzene rings is 1. The first kappa shape index (κ1) is 16.5. The molecule has 128 valence electrons. The Hall–Kier alpha value is -2.37. The van der Waals surface area contributed by atoms with Crippen molar-refractivity contribution in [3.05, 3.63) is 47.0 Å². The van der Waals surface area contributed by atoms with E-state index in [9.17, 15) is 9.18 Å². The Kier molecular flexibility index (Phi) is 4.83. The van der Waals surface area contributed by atoms with Crippen LogP contribution in [0.4, 0.5) is 4.39 Å². The van der Waals surface area contributed by atoms with Gasteiger partial charge in [0.1, 0.15) is 5.69 Å². The van der Waals surface area contributed by atoms with Crippen LogP contribution in [0.25, 0.3) is 0 Å². The molecular weight excluding hydrogens is 309 g/mol. The summed E-state index contributed by atoms with van der Waals surface area (Å²) in [6, 6.07) is 6.77. The minimum absolute atomic E-state index is 0.109. The van der Waals surface area contributed by atoms with Crippen LogP contribution >= 0.6 is 0 Å². The van der Waals surface area contributed by atoms with Gasteiger partial charge in [-0.2, -0.15) is 5.10 Å². The molecule has 0 aliphatic heterocycles.